The molecule has 1 aliphatic rings. The summed E-state index contributed by atoms with van der Waals surface area (Å²) in [5, 5.41) is 0.521. The molecule has 0 bridgehead atoms. The Morgan fingerprint density at radius 3 is 2.60 bits per heavy atom. The van der Waals surface area contributed by atoms with Crippen molar-refractivity contribution in [2.75, 3.05) is 5.75 Å². The molecule has 0 aliphatic carbocycles. The minimum absolute atomic E-state index is 0.100. The maximum Gasteiger partial charge on any atom is 0.233 e. The molecule has 20 heavy (non-hydrogen) atoms. The Hall–Kier alpha value is -1.88. The van der Waals surface area contributed by atoms with Crippen LogP contribution in [0.25, 0.3) is 0 Å². The van der Waals surface area contributed by atoms with E-state index in [1.807, 2.05) is 30.0 Å². The molecule has 4 nitrogen and oxygen atoms in total. The zero-order chi connectivity index (χ0) is 14.4. The minimum Gasteiger partial charge on any atom is -0.333 e. The number of nitrogens with zero attached hydrogens (tertiary/aromatic N) is 3. The van der Waals surface area contributed by atoms with E-state index in [0.29, 0.717) is 24.0 Å². The first-order valence-electron chi connectivity index (χ1n) is 6.37. The van der Waals surface area contributed by atoms with E-state index in [4.69, 9.17) is 0 Å². The smallest absolute Gasteiger partial charge is 0.233 e. The molecule has 0 radical (unpaired) electrons. The fourth-order valence-electron chi connectivity index (χ4n) is 1.99. The van der Waals surface area contributed by atoms with Crippen LogP contribution in [0.1, 0.15) is 18.1 Å². The molecule has 104 valence electrons. The van der Waals surface area contributed by atoms with Crippen LogP contribution in [0.2, 0.25) is 0 Å². The highest BCUT2D eigenvalue weighted by Crippen LogP contribution is 2.23. The van der Waals surface area contributed by atoms with E-state index in [0.717, 1.165) is 0 Å². The Morgan fingerprint density at radius 1 is 1.40 bits per heavy atom. The number of allylic oxidation sites excluding steroid dienone is 1. The second-order valence-corrected chi connectivity index (χ2v) is 5.30. The van der Waals surface area contributed by atoms with E-state index in [9.17, 15) is 4.79 Å². The number of carbonyl (C=O) groups excluding carboxylic acids is 1. The van der Waals surface area contributed by atoms with Crippen LogP contribution in [0.15, 0.2) is 46.5 Å². The summed E-state index contributed by atoms with van der Waals surface area (Å²) in [6.07, 6.45) is 3.46. The summed E-state index contributed by atoms with van der Waals surface area (Å²) in [7, 11) is 0. The van der Waals surface area contributed by atoms with E-state index in [2.05, 4.69) is 28.8 Å². The quantitative estimate of drug-likeness (QED) is 0.634. The van der Waals surface area contributed by atoms with Gasteiger partial charge in [0.1, 0.15) is 0 Å². The average Bonchev–Trinajstić information content (AvgIpc) is 2.91. The minimum atomic E-state index is 0.100. The Kier molecular flexibility index (Phi) is 5.12. The molecule has 0 unspecified atom stereocenters. The van der Waals surface area contributed by atoms with Crippen molar-refractivity contribution in [3.8, 4) is 0 Å². The van der Waals surface area contributed by atoms with Gasteiger partial charge in [0.2, 0.25) is 5.91 Å². The lowest BCUT2D eigenvalue weighted by Gasteiger charge is -2.14. The second-order valence-electron chi connectivity index (χ2n) is 4.36. The van der Waals surface area contributed by atoms with Gasteiger partial charge in [-0.05, 0) is 24.8 Å². The van der Waals surface area contributed by atoms with Gasteiger partial charge in [-0.3, -0.25) is 4.79 Å². The van der Waals surface area contributed by atoms with E-state index in [-0.39, 0.29) is 5.91 Å². The van der Waals surface area contributed by atoms with Gasteiger partial charge in [-0.2, -0.15) is 0 Å². The monoisotopic (exact) mass is 287 g/mol. The Bertz CT molecular complexity index is 541. The molecule has 0 saturated carbocycles. The number of fused-ring (bicyclic) bond motifs is 1. The van der Waals surface area contributed by atoms with Crippen LogP contribution < -0.4 is 0 Å². The Morgan fingerprint density at radius 2 is 2.05 bits per heavy atom. The second kappa shape index (κ2) is 7.05. The van der Waals surface area contributed by atoms with Crippen LogP contribution in [-0.4, -0.2) is 28.4 Å². The van der Waals surface area contributed by atoms with Crippen molar-refractivity contribution in [3.63, 3.8) is 0 Å². The van der Waals surface area contributed by atoms with Gasteiger partial charge in [-0.25, -0.2) is 9.98 Å². The standard InChI is InChI=1S/C15H17N3OS/c1-3-8-17-15(16-2)20-11-14(19)18-9-12-6-4-5-7-13(12)10-18/h3-8H,2,9-11H2,1H3/b8-3-,17-15+. The normalized spacial score (nSPS) is 14.7. The molecule has 1 aliphatic heterocycles. The number of amides is 1. The zero-order valence-corrected chi connectivity index (χ0v) is 12.3. The van der Waals surface area contributed by atoms with Crippen LogP contribution in [0, 0.1) is 0 Å². The molecular formula is C15H17N3OS. The molecule has 0 fully saturated rings. The number of benzene rings is 1. The average molecular weight is 287 g/mol. The maximum absolute atomic E-state index is 12.2. The third kappa shape index (κ3) is 3.57. The largest absolute Gasteiger partial charge is 0.333 e. The highest BCUT2D eigenvalue weighted by molar-refractivity contribution is 8.14. The van der Waals surface area contributed by atoms with Crippen molar-refractivity contribution >= 4 is 29.6 Å². The molecule has 0 saturated heterocycles. The van der Waals surface area contributed by atoms with Crippen molar-refractivity contribution in [1.29, 1.82) is 0 Å². The van der Waals surface area contributed by atoms with E-state index >= 15 is 0 Å². The van der Waals surface area contributed by atoms with Crippen molar-refractivity contribution in [2.45, 2.75) is 20.0 Å². The van der Waals surface area contributed by atoms with Crippen molar-refractivity contribution in [1.82, 2.24) is 4.90 Å². The lowest BCUT2D eigenvalue weighted by Crippen LogP contribution is -2.27. The van der Waals surface area contributed by atoms with Gasteiger partial charge in [0.15, 0.2) is 5.17 Å². The van der Waals surface area contributed by atoms with Gasteiger partial charge in [0.05, 0.1) is 5.75 Å². The molecule has 0 aromatic heterocycles. The van der Waals surface area contributed by atoms with Crippen LogP contribution in [0.4, 0.5) is 0 Å². The first-order valence-corrected chi connectivity index (χ1v) is 7.36. The van der Waals surface area contributed by atoms with E-state index < -0.39 is 0 Å². The summed E-state index contributed by atoms with van der Waals surface area (Å²) < 4.78 is 0. The van der Waals surface area contributed by atoms with Gasteiger partial charge in [-0.15, -0.1) is 0 Å². The number of hydrogen-bond acceptors (Lipinski definition) is 3. The van der Waals surface area contributed by atoms with Gasteiger partial charge >= 0.3 is 0 Å². The lowest BCUT2D eigenvalue weighted by atomic mass is 10.1. The third-order valence-corrected chi connectivity index (χ3v) is 3.87. The molecule has 0 spiro atoms. The highest BCUT2D eigenvalue weighted by atomic mass is 32.2. The maximum atomic E-state index is 12.2. The van der Waals surface area contributed by atoms with Crippen LogP contribution in [-0.2, 0) is 17.9 Å². The highest BCUT2D eigenvalue weighted by Gasteiger charge is 2.22. The number of thioether (sulfide) groups is 1. The predicted octanol–water partition coefficient (Wildman–Crippen LogP) is 2.85. The van der Waals surface area contributed by atoms with Gasteiger partial charge in [0, 0.05) is 19.3 Å². The van der Waals surface area contributed by atoms with Crippen LogP contribution in [0.3, 0.4) is 0 Å². The predicted molar refractivity (Wildman–Crippen MR) is 85.0 cm³/mol. The van der Waals surface area contributed by atoms with E-state index in [1.165, 1.54) is 22.9 Å². The van der Waals surface area contributed by atoms with E-state index in [1.54, 1.807) is 6.20 Å². The first kappa shape index (κ1) is 14.5. The number of carbonyl (C=O) groups is 1. The zero-order valence-electron chi connectivity index (χ0n) is 11.5. The lowest BCUT2D eigenvalue weighted by molar-refractivity contribution is -0.128. The number of rotatable bonds is 3. The molecule has 1 amide bonds. The van der Waals surface area contributed by atoms with Crippen LogP contribution >= 0.6 is 11.8 Å². The molecule has 1 aromatic rings. The first-order chi connectivity index (χ1) is 9.74. The summed E-state index contributed by atoms with van der Waals surface area (Å²) in [4.78, 5) is 21.9. The summed E-state index contributed by atoms with van der Waals surface area (Å²) in [5.41, 5.74) is 2.46. The number of aliphatic imine (C=N–C) groups is 2. The molecule has 0 atom stereocenters. The number of amidine groups is 1. The van der Waals surface area contributed by atoms with Crippen molar-refractivity contribution < 1.29 is 4.79 Å². The molecule has 1 heterocycles. The fourth-order valence-corrected chi connectivity index (χ4v) is 2.65. The molecule has 1 aromatic carbocycles. The van der Waals surface area contributed by atoms with Crippen molar-refractivity contribution in [2.24, 2.45) is 9.98 Å². The number of hydrogen-bond donors (Lipinski definition) is 0. The van der Waals surface area contributed by atoms with Gasteiger partial charge < -0.3 is 4.90 Å². The summed E-state index contributed by atoms with van der Waals surface area (Å²) in [6, 6.07) is 8.15. The Balaban J connectivity index is 1.90. The molecule has 5 heteroatoms. The third-order valence-electron chi connectivity index (χ3n) is 2.99. The summed E-state index contributed by atoms with van der Waals surface area (Å²) >= 11 is 1.31. The summed E-state index contributed by atoms with van der Waals surface area (Å²) in [6.45, 7) is 6.72. The fraction of sp³-hybridized carbons (Fsp3) is 0.267. The molecule has 2 rings (SSSR count). The topological polar surface area (TPSA) is 45.0 Å². The van der Waals surface area contributed by atoms with Gasteiger partial charge in [0.25, 0.3) is 0 Å². The van der Waals surface area contributed by atoms with Crippen LogP contribution in [0.5, 0.6) is 0 Å². The SMILES string of the molecule is C=N/C(=N\C=C/C)SCC(=O)N1Cc2ccccc2C1. The Labute approximate surface area is 123 Å². The molecule has 0 N–H and O–H groups in total. The van der Waals surface area contributed by atoms with Crippen molar-refractivity contribution in [3.05, 3.63) is 47.7 Å². The molecular weight excluding hydrogens is 270 g/mol. The summed E-state index contributed by atoms with van der Waals surface area (Å²) in [5.74, 6) is 0.437. The van der Waals surface area contributed by atoms with Gasteiger partial charge in [-0.1, -0.05) is 42.1 Å².